The van der Waals surface area contributed by atoms with Gasteiger partial charge in [-0.3, -0.25) is 4.98 Å². The molecule has 0 aliphatic heterocycles. The lowest BCUT2D eigenvalue weighted by Gasteiger charge is -2.08. The molecule has 0 spiro atoms. The van der Waals surface area contributed by atoms with Crippen molar-refractivity contribution in [3.05, 3.63) is 24.0 Å². The third kappa shape index (κ3) is 7.77. The van der Waals surface area contributed by atoms with Gasteiger partial charge in [-0.1, -0.05) is 13.8 Å². The first-order valence-corrected chi connectivity index (χ1v) is 6.69. The first-order valence-electron chi connectivity index (χ1n) is 6.69. The Morgan fingerprint density at radius 1 is 1.26 bits per heavy atom. The molecule has 0 unspecified atom stereocenters. The lowest BCUT2D eigenvalue weighted by molar-refractivity contribution is 0.0704. The monoisotopic (exact) mass is 268 g/mol. The summed E-state index contributed by atoms with van der Waals surface area (Å²) < 4.78 is 10.6. The minimum atomic E-state index is 0.0413. The minimum absolute atomic E-state index is 0.0413. The fraction of sp³-hybridized carbons (Fsp3) is 0.643. The summed E-state index contributed by atoms with van der Waals surface area (Å²) in [7, 11) is 0. The van der Waals surface area contributed by atoms with E-state index in [-0.39, 0.29) is 6.61 Å². The predicted molar refractivity (Wildman–Crippen MR) is 74.2 cm³/mol. The van der Waals surface area contributed by atoms with Gasteiger partial charge in [0.1, 0.15) is 12.4 Å². The number of nitrogens with one attached hydrogen (secondary N) is 1. The molecule has 0 aliphatic rings. The van der Waals surface area contributed by atoms with E-state index in [1.807, 2.05) is 12.1 Å². The van der Waals surface area contributed by atoms with Crippen LogP contribution in [0.25, 0.3) is 0 Å². The molecule has 0 bridgehead atoms. The molecular formula is C14H24N2O3. The number of hydrogen-bond donors (Lipinski definition) is 2. The summed E-state index contributed by atoms with van der Waals surface area (Å²) in [4.78, 5) is 4.32. The highest BCUT2D eigenvalue weighted by atomic mass is 16.5. The number of ether oxygens (including phenoxy) is 2. The number of aromatic nitrogens is 1. The van der Waals surface area contributed by atoms with Crippen molar-refractivity contribution in [1.29, 1.82) is 0 Å². The van der Waals surface area contributed by atoms with Gasteiger partial charge in [-0.2, -0.15) is 0 Å². The summed E-state index contributed by atoms with van der Waals surface area (Å²) in [5, 5.41) is 11.9. The molecule has 1 aromatic rings. The molecule has 1 heterocycles. The van der Waals surface area contributed by atoms with Gasteiger partial charge in [0.05, 0.1) is 31.7 Å². The maximum Gasteiger partial charge on any atom is 0.137 e. The van der Waals surface area contributed by atoms with E-state index in [1.54, 1.807) is 6.20 Å². The molecular weight excluding hydrogens is 244 g/mol. The first-order chi connectivity index (χ1) is 9.22. The van der Waals surface area contributed by atoms with Crippen LogP contribution in [0.5, 0.6) is 5.75 Å². The molecule has 0 aromatic carbocycles. The number of nitrogens with zero attached hydrogens (tertiary/aromatic N) is 1. The topological polar surface area (TPSA) is 63.6 Å². The van der Waals surface area contributed by atoms with E-state index >= 15 is 0 Å². The summed E-state index contributed by atoms with van der Waals surface area (Å²) in [6.45, 7) is 7.44. The Hall–Kier alpha value is -1.17. The van der Waals surface area contributed by atoms with Crippen LogP contribution in [-0.4, -0.2) is 43.1 Å². The smallest absolute Gasteiger partial charge is 0.137 e. The van der Waals surface area contributed by atoms with Crippen LogP contribution in [0.15, 0.2) is 18.3 Å². The van der Waals surface area contributed by atoms with Gasteiger partial charge in [0.15, 0.2) is 0 Å². The molecule has 108 valence electrons. The molecule has 0 saturated heterocycles. The molecule has 0 saturated carbocycles. The maximum atomic E-state index is 8.54. The van der Waals surface area contributed by atoms with Crippen molar-refractivity contribution in [2.24, 2.45) is 5.92 Å². The Labute approximate surface area is 115 Å². The van der Waals surface area contributed by atoms with Crippen LogP contribution in [0.1, 0.15) is 19.5 Å². The number of aliphatic hydroxyl groups is 1. The molecule has 5 nitrogen and oxygen atoms in total. The third-order valence-corrected chi connectivity index (χ3v) is 2.39. The number of rotatable bonds is 10. The Morgan fingerprint density at radius 3 is 2.74 bits per heavy atom. The molecule has 5 heteroatoms. The zero-order chi connectivity index (χ0) is 13.9. The maximum absolute atomic E-state index is 8.54. The van der Waals surface area contributed by atoms with Crippen molar-refractivity contribution in [2.75, 3.05) is 33.0 Å². The third-order valence-electron chi connectivity index (χ3n) is 2.39. The molecule has 0 aliphatic carbocycles. The Kier molecular flexibility index (Phi) is 8.13. The zero-order valence-electron chi connectivity index (χ0n) is 11.8. The second kappa shape index (κ2) is 9.72. The van der Waals surface area contributed by atoms with Gasteiger partial charge >= 0.3 is 0 Å². The molecule has 0 atom stereocenters. The molecule has 19 heavy (non-hydrogen) atoms. The molecule has 0 fully saturated rings. The van der Waals surface area contributed by atoms with Crippen LogP contribution in [0.3, 0.4) is 0 Å². The van der Waals surface area contributed by atoms with Crippen LogP contribution in [0.4, 0.5) is 0 Å². The summed E-state index contributed by atoms with van der Waals surface area (Å²) in [5.74, 6) is 1.38. The quantitative estimate of drug-likeness (QED) is 0.625. The summed E-state index contributed by atoms with van der Waals surface area (Å²) in [6, 6.07) is 3.86. The van der Waals surface area contributed by atoms with Crippen molar-refractivity contribution in [3.8, 4) is 5.75 Å². The van der Waals surface area contributed by atoms with E-state index in [1.165, 1.54) is 0 Å². The highest BCUT2D eigenvalue weighted by Crippen LogP contribution is 2.08. The van der Waals surface area contributed by atoms with Crippen molar-refractivity contribution < 1.29 is 14.6 Å². The molecule has 0 radical (unpaired) electrons. The van der Waals surface area contributed by atoms with Crippen molar-refractivity contribution >= 4 is 0 Å². The normalized spacial score (nSPS) is 10.9. The van der Waals surface area contributed by atoms with Crippen molar-refractivity contribution in [3.63, 3.8) is 0 Å². The Morgan fingerprint density at radius 2 is 2.11 bits per heavy atom. The lowest BCUT2D eigenvalue weighted by Crippen LogP contribution is -2.19. The van der Waals surface area contributed by atoms with Gasteiger partial charge in [0, 0.05) is 6.54 Å². The first kappa shape index (κ1) is 15.9. The van der Waals surface area contributed by atoms with Crippen LogP contribution in [0.2, 0.25) is 0 Å². The Bertz CT molecular complexity index is 328. The largest absolute Gasteiger partial charge is 0.490 e. The van der Waals surface area contributed by atoms with Gasteiger partial charge in [0.2, 0.25) is 0 Å². The predicted octanol–water partition coefficient (Wildman–Crippen LogP) is 1.21. The van der Waals surface area contributed by atoms with E-state index in [0.717, 1.165) is 24.5 Å². The SMILES string of the molecule is CC(C)CNCc1ccc(OCCOCCO)cn1. The fourth-order valence-corrected chi connectivity index (χ4v) is 1.47. The van der Waals surface area contributed by atoms with E-state index < -0.39 is 0 Å². The van der Waals surface area contributed by atoms with E-state index in [4.69, 9.17) is 14.6 Å². The van der Waals surface area contributed by atoms with Gasteiger partial charge in [-0.05, 0) is 24.6 Å². The average molecular weight is 268 g/mol. The second-order valence-electron chi connectivity index (χ2n) is 4.69. The van der Waals surface area contributed by atoms with Crippen LogP contribution in [-0.2, 0) is 11.3 Å². The molecule has 1 aromatic heterocycles. The summed E-state index contributed by atoms with van der Waals surface area (Å²) in [6.07, 6.45) is 1.72. The van der Waals surface area contributed by atoms with Crippen LogP contribution >= 0.6 is 0 Å². The van der Waals surface area contributed by atoms with E-state index in [2.05, 4.69) is 24.1 Å². The van der Waals surface area contributed by atoms with Crippen molar-refractivity contribution in [1.82, 2.24) is 10.3 Å². The average Bonchev–Trinajstić information content (AvgIpc) is 2.40. The number of hydrogen-bond acceptors (Lipinski definition) is 5. The number of pyridine rings is 1. The van der Waals surface area contributed by atoms with E-state index in [9.17, 15) is 0 Å². The number of aliphatic hydroxyl groups excluding tert-OH is 1. The van der Waals surface area contributed by atoms with Gasteiger partial charge in [-0.15, -0.1) is 0 Å². The van der Waals surface area contributed by atoms with Gasteiger partial charge < -0.3 is 19.9 Å². The van der Waals surface area contributed by atoms with Crippen LogP contribution in [0, 0.1) is 5.92 Å². The van der Waals surface area contributed by atoms with E-state index in [0.29, 0.717) is 25.7 Å². The minimum Gasteiger partial charge on any atom is -0.490 e. The van der Waals surface area contributed by atoms with Crippen LogP contribution < -0.4 is 10.1 Å². The van der Waals surface area contributed by atoms with Crippen molar-refractivity contribution in [2.45, 2.75) is 20.4 Å². The summed E-state index contributed by atoms with van der Waals surface area (Å²) >= 11 is 0. The standard InChI is InChI=1S/C14H24N2O3/c1-12(2)9-15-10-13-3-4-14(11-16-13)19-8-7-18-6-5-17/h3-4,11-12,15,17H,5-10H2,1-2H3. The summed E-state index contributed by atoms with van der Waals surface area (Å²) in [5.41, 5.74) is 1.00. The fourth-order valence-electron chi connectivity index (χ4n) is 1.47. The molecule has 0 amide bonds. The van der Waals surface area contributed by atoms with Gasteiger partial charge in [0.25, 0.3) is 0 Å². The highest BCUT2D eigenvalue weighted by molar-refractivity contribution is 5.19. The molecule has 1 rings (SSSR count). The lowest BCUT2D eigenvalue weighted by atomic mass is 10.2. The Balaban J connectivity index is 2.19. The zero-order valence-corrected chi connectivity index (χ0v) is 11.8. The molecule has 2 N–H and O–H groups in total. The van der Waals surface area contributed by atoms with Gasteiger partial charge in [-0.25, -0.2) is 0 Å². The second-order valence-corrected chi connectivity index (χ2v) is 4.69. The highest BCUT2D eigenvalue weighted by Gasteiger charge is 1.98.